The van der Waals surface area contributed by atoms with E-state index >= 15 is 0 Å². The molecule has 0 spiro atoms. The predicted octanol–water partition coefficient (Wildman–Crippen LogP) is 3.76. The zero-order valence-electron chi connectivity index (χ0n) is 15.0. The molecule has 0 aliphatic heterocycles. The van der Waals surface area contributed by atoms with Gasteiger partial charge in [0.25, 0.3) is 0 Å². The van der Waals surface area contributed by atoms with E-state index < -0.39 is 0 Å². The topological polar surface area (TPSA) is 82.0 Å². The molecule has 27 heavy (non-hydrogen) atoms. The van der Waals surface area contributed by atoms with Gasteiger partial charge >= 0.3 is 0 Å². The van der Waals surface area contributed by atoms with Crippen LogP contribution in [0.1, 0.15) is 18.1 Å². The van der Waals surface area contributed by atoms with Crippen LogP contribution >= 0.6 is 23.4 Å². The number of carbonyl (C=O) groups excluding carboxylic acids is 2. The largest absolute Gasteiger partial charge is 0.507 e. The summed E-state index contributed by atoms with van der Waals surface area (Å²) in [5, 5.41) is 19.6. The van der Waals surface area contributed by atoms with Gasteiger partial charge in [-0.2, -0.15) is 5.10 Å². The molecule has 0 bridgehead atoms. The van der Waals surface area contributed by atoms with Gasteiger partial charge in [0.2, 0.25) is 5.91 Å². The number of carbonyl (C=O) groups is 2. The highest BCUT2D eigenvalue weighted by Gasteiger charge is 2.12. The smallest absolute Gasteiger partial charge is 0.221 e. The molecule has 0 saturated heterocycles. The van der Waals surface area contributed by atoms with Gasteiger partial charge in [0.15, 0.2) is 5.62 Å². The van der Waals surface area contributed by atoms with Gasteiger partial charge in [0.05, 0.1) is 12.3 Å². The van der Waals surface area contributed by atoms with Gasteiger partial charge in [0.1, 0.15) is 5.75 Å². The fourth-order valence-corrected chi connectivity index (χ4v) is 3.08. The normalized spacial score (nSPS) is 11.1. The van der Waals surface area contributed by atoms with Crippen LogP contribution in [-0.2, 0) is 16.1 Å². The molecular weight excluding hydrogens is 386 g/mol. The second kappa shape index (κ2) is 9.99. The quantitative estimate of drug-likeness (QED) is 0.397. The van der Waals surface area contributed by atoms with Crippen molar-refractivity contribution >= 4 is 46.3 Å². The molecule has 0 aliphatic carbocycles. The van der Waals surface area contributed by atoms with E-state index in [-0.39, 0.29) is 11.7 Å². The van der Waals surface area contributed by atoms with Gasteiger partial charge in [-0.3, -0.25) is 14.6 Å². The van der Waals surface area contributed by atoms with Crippen LogP contribution in [0.5, 0.6) is 5.75 Å². The zero-order valence-corrected chi connectivity index (χ0v) is 16.5. The summed E-state index contributed by atoms with van der Waals surface area (Å²) in [7, 11) is 1.79. The number of rotatable bonds is 8. The number of hydrogen-bond acceptors (Lipinski definition) is 6. The molecule has 0 atom stereocenters. The summed E-state index contributed by atoms with van der Waals surface area (Å²) < 4.78 is 0. The molecule has 2 rings (SSSR count). The molecule has 8 heteroatoms. The Kier molecular flexibility index (Phi) is 7.69. The first-order chi connectivity index (χ1) is 12.9. The number of nitrogens with one attached hydrogen (secondary N) is 1. The molecule has 0 unspecified atom stereocenters. The Morgan fingerprint density at radius 3 is 2.81 bits per heavy atom. The van der Waals surface area contributed by atoms with Crippen LogP contribution in [0, 0.1) is 0 Å². The van der Waals surface area contributed by atoms with Crippen LogP contribution in [0.15, 0.2) is 47.6 Å². The Labute approximate surface area is 167 Å². The van der Waals surface area contributed by atoms with Gasteiger partial charge in [0, 0.05) is 36.0 Å². The van der Waals surface area contributed by atoms with E-state index in [9.17, 15) is 14.7 Å². The first-order valence-corrected chi connectivity index (χ1v) is 9.51. The Morgan fingerprint density at radius 1 is 1.33 bits per heavy atom. The van der Waals surface area contributed by atoms with Crippen LogP contribution in [0.25, 0.3) is 0 Å². The summed E-state index contributed by atoms with van der Waals surface area (Å²) in [4.78, 5) is 22.0. The van der Waals surface area contributed by atoms with E-state index in [0.717, 1.165) is 22.9 Å². The van der Waals surface area contributed by atoms with Crippen LogP contribution < -0.4 is 5.32 Å². The highest BCUT2D eigenvalue weighted by atomic mass is 35.5. The number of hydrogen-bond donors (Lipinski definition) is 2. The summed E-state index contributed by atoms with van der Waals surface area (Å²) >= 11 is 7.07. The molecule has 6 nitrogen and oxygen atoms in total. The number of amides is 1. The van der Waals surface area contributed by atoms with Gasteiger partial charge in [-0.1, -0.05) is 35.5 Å². The molecule has 2 aromatic rings. The van der Waals surface area contributed by atoms with Crippen LogP contribution in [0.2, 0.25) is 5.02 Å². The van der Waals surface area contributed by atoms with Gasteiger partial charge in [-0.25, -0.2) is 0 Å². The van der Waals surface area contributed by atoms with E-state index in [4.69, 9.17) is 11.6 Å². The summed E-state index contributed by atoms with van der Waals surface area (Å²) in [6.07, 6.45) is 0. The Balaban J connectivity index is 2.24. The number of benzene rings is 2. The number of aromatic hydroxyl groups is 1. The standard InChI is InChI=1S/C19H20ClN3O3S/c1-13(25)21-16-5-3-4-14(8-16)10-23(2)22-18(11-27-12-24)17-9-15(20)6-7-19(17)26/h3-9,12,26H,10-11H2,1-2H3,(H,21,25)/b22-18+. The van der Waals surface area contributed by atoms with Gasteiger partial charge < -0.3 is 10.4 Å². The summed E-state index contributed by atoms with van der Waals surface area (Å²) in [6.45, 7) is 1.93. The lowest BCUT2D eigenvalue weighted by Gasteiger charge is -2.17. The fourth-order valence-electron chi connectivity index (χ4n) is 2.47. The van der Waals surface area contributed by atoms with E-state index in [1.807, 2.05) is 24.3 Å². The number of nitrogens with zero attached hydrogens (tertiary/aromatic N) is 2. The Bertz CT molecular complexity index is 858. The molecule has 0 saturated carbocycles. The maximum Gasteiger partial charge on any atom is 0.221 e. The van der Waals surface area contributed by atoms with Crippen molar-refractivity contribution < 1.29 is 14.7 Å². The minimum atomic E-state index is -0.136. The molecular formula is C19H20ClN3O3S. The lowest BCUT2D eigenvalue weighted by molar-refractivity contribution is -0.114. The molecule has 2 N–H and O–H groups in total. The lowest BCUT2D eigenvalue weighted by Crippen LogP contribution is -2.17. The highest BCUT2D eigenvalue weighted by Crippen LogP contribution is 2.24. The van der Waals surface area contributed by atoms with Crippen LogP contribution in [0.4, 0.5) is 5.69 Å². The lowest BCUT2D eigenvalue weighted by atomic mass is 10.1. The number of thioether (sulfide) groups is 1. The third-order valence-corrected chi connectivity index (χ3v) is 4.32. The van der Waals surface area contributed by atoms with Crippen molar-refractivity contribution in [1.29, 1.82) is 0 Å². The molecule has 0 aliphatic rings. The minimum Gasteiger partial charge on any atom is -0.507 e. The van der Waals surface area contributed by atoms with E-state index in [1.54, 1.807) is 24.2 Å². The molecule has 0 fully saturated rings. The summed E-state index contributed by atoms with van der Waals surface area (Å²) in [5.74, 6) is 0.210. The third-order valence-electron chi connectivity index (χ3n) is 3.51. The molecule has 0 heterocycles. The van der Waals surface area contributed by atoms with Gasteiger partial charge in [-0.15, -0.1) is 0 Å². The first-order valence-electron chi connectivity index (χ1n) is 8.08. The second-order valence-electron chi connectivity index (χ2n) is 5.81. The fraction of sp³-hybridized carbons (Fsp3) is 0.211. The number of halogens is 1. The van der Waals surface area contributed by atoms with Crippen molar-refractivity contribution in [2.45, 2.75) is 13.5 Å². The predicted molar refractivity (Wildman–Crippen MR) is 111 cm³/mol. The van der Waals surface area contributed by atoms with Crippen molar-refractivity contribution in [1.82, 2.24) is 5.01 Å². The third kappa shape index (κ3) is 6.62. The van der Waals surface area contributed by atoms with Crippen molar-refractivity contribution in [3.8, 4) is 5.75 Å². The van der Waals surface area contributed by atoms with Crippen molar-refractivity contribution in [3.63, 3.8) is 0 Å². The first kappa shape index (κ1) is 20.8. The maximum atomic E-state index is 11.2. The monoisotopic (exact) mass is 405 g/mol. The highest BCUT2D eigenvalue weighted by molar-refractivity contribution is 8.12. The zero-order chi connectivity index (χ0) is 19.8. The molecule has 142 valence electrons. The van der Waals surface area contributed by atoms with Gasteiger partial charge in [-0.05, 0) is 35.9 Å². The van der Waals surface area contributed by atoms with E-state index in [2.05, 4.69) is 10.4 Å². The summed E-state index contributed by atoms with van der Waals surface area (Å²) in [5.41, 5.74) is 3.41. The number of hydrazone groups is 1. The average Bonchev–Trinajstić information content (AvgIpc) is 2.60. The molecule has 2 aromatic carbocycles. The number of anilines is 1. The SMILES string of the molecule is CC(=O)Nc1cccc(CN(C)/N=C(\CSC=O)c2cc(Cl)ccc2O)c1. The molecule has 0 radical (unpaired) electrons. The average molecular weight is 406 g/mol. The van der Waals surface area contributed by atoms with Crippen LogP contribution in [0.3, 0.4) is 0 Å². The van der Waals surface area contributed by atoms with Crippen molar-refractivity contribution in [2.75, 3.05) is 18.1 Å². The van der Waals surface area contributed by atoms with E-state index in [1.165, 1.54) is 13.0 Å². The molecule has 0 aromatic heterocycles. The number of phenolic OH excluding ortho intramolecular Hbond substituents is 1. The minimum absolute atomic E-state index is 0.0469. The van der Waals surface area contributed by atoms with Crippen molar-refractivity contribution in [3.05, 3.63) is 58.6 Å². The van der Waals surface area contributed by atoms with Crippen molar-refractivity contribution in [2.24, 2.45) is 5.10 Å². The Hall–Kier alpha value is -2.51. The Morgan fingerprint density at radius 2 is 2.11 bits per heavy atom. The second-order valence-corrected chi connectivity index (χ2v) is 7.06. The van der Waals surface area contributed by atoms with Crippen LogP contribution in [-0.4, -0.2) is 40.2 Å². The summed E-state index contributed by atoms with van der Waals surface area (Å²) in [6, 6.07) is 12.1. The van der Waals surface area contributed by atoms with E-state index in [0.29, 0.717) is 34.3 Å². The molecule has 1 amide bonds. The maximum absolute atomic E-state index is 11.2. The number of phenols is 1.